The van der Waals surface area contributed by atoms with E-state index in [0.717, 1.165) is 55.5 Å². The van der Waals surface area contributed by atoms with E-state index in [2.05, 4.69) is 17.1 Å². The minimum atomic E-state index is -0.00188. The molecule has 0 radical (unpaired) electrons. The molecule has 2 aromatic rings. The predicted octanol–water partition coefficient (Wildman–Crippen LogP) is 4.08. The van der Waals surface area contributed by atoms with Crippen molar-refractivity contribution in [3.8, 4) is 5.88 Å². The molecule has 1 saturated carbocycles. The number of carbonyl (C=O) groups is 1. The van der Waals surface area contributed by atoms with Gasteiger partial charge in [-0.15, -0.1) is 0 Å². The van der Waals surface area contributed by atoms with Gasteiger partial charge in [-0.05, 0) is 44.2 Å². The molecule has 1 aromatic carbocycles. The predicted molar refractivity (Wildman–Crippen MR) is 115 cm³/mol. The van der Waals surface area contributed by atoms with Crippen LogP contribution in [-0.2, 0) is 4.79 Å². The Hall–Kier alpha value is -2.37. The fraction of sp³-hybridized carbons (Fsp3) is 0.609. The topological polar surface area (TPSA) is 67.4 Å². The van der Waals surface area contributed by atoms with E-state index in [-0.39, 0.29) is 11.8 Å². The summed E-state index contributed by atoms with van der Waals surface area (Å²) in [6.07, 6.45) is 8.82. The fourth-order valence-electron chi connectivity index (χ4n) is 4.43. The summed E-state index contributed by atoms with van der Waals surface area (Å²) in [6, 6.07) is 8.24. The Morgan fingerprint density at radius 3 is 2.62 bits per heavy atom. The van der Waals surface area contributed by atoms with E-state index in [1.54, 1.807) is 0 Å². The Labute approximate surface area is 173 Å². The molecule has 0 bridgehead atoms. The highest BCUT2D eigenvalue weighted by molar-refractivity contribution is 5.81. The summed E-state index contributed by atoms with van der Waals surface area (Å²) in [5.41, 5.74) is 1.70. The van der Waals surface area contributed by atoms with Gasteiger partial charge < -0.3 is 15.0 Å². The summed E-state index contributed by atoms with van der Waals surface area (Å²) in [5, 5.41) is 3.31. The zero-order valence-electron chi connectivity index (χ0n) is 17.4. The van der Waals surface area contributed by atoms with Crippen LogP contribution in [0.15, 0.2) is 24.3 Å². The number of benzene rings is 1. The third-order valence-corrected chi connectivity index (χ3v) is 6.01. The SMILES string of the molecule is CCCOc1nc2ccccc2nc1N1CCC[C@@H](C(=O)NC2CCCCC2)C1. The largest absolute Gasteiger partial charge is 0.475 e. The molecule has 1 atom stereocenters. The zero-order valence-corrected chi connectivity index (χ0v) is 17.4. The lowest BCUT2D eigenvalue weighted by atomic mass is 9.93. The maximum Gasteiger partial charge on any atom is 0.258 e. The number of piperidine rings is 1. The number of carbonyl (C=O) groups excluding carboxylic acids is 1. The highest BCUT2D eigenvalue weighted by atomic mass is 16.5. The van der Waals surface area contributed by atoms with Crippen LogP contribution in [0.25, 0.3) is 11.0 Å². The summed E-state index contributed by atoms with van der Waals surface area (Å²) < 4.78 is 5.95. The smallest absolute Gasteiger partial charge is 0.258 e. The number of nitrogens with one attached hydrogen (secondary N) is 1. The second kappa shape index (κ2) is 9.42. The molecule has 0 unspecified atom stereocenters. The third-order valence-electron chi connectivity index (χ3n) is 6.01. The van der Waals surface area contributed by atoms with Crippen LogP contribution in [0.5, 0.6) is 5.88 Å². The maximum atomic E-state index is 12.9. The zero-order chi connectivity index (χ0) is 20.1. The number of fused-ring (bicyclic) bond motifs is 1. The first-order valence-corrected chi connectivity index (χ1v) is 11.2. The number of hydrogen-bond donors (Lipinski definition) is 1. The van der Waals surface area contributed by atoms with Crippen LogP contribution in [0.2, 0.25) is 0 Å². The van der Waals surface area contributed by atoms with E-state index >= 15 is 0 Å². The van der Waals surface area contributed by atoms with Crippen molar-refractivity contribution in [2.24, 2.45) is 5.92 Å². The summed E-state index contributed by atoms with van der Waals surface area (Å²) in [7, 11) is 0. The Kier molecular flexibility index (Phi) is 6.47. The van der Waals surface area contributed by atoms with E-state index in [9.17, 15) is 4.79 Å². The lowest BCUT2D eigenvalue weighted by molar-refractivity contribution is -0.126. The van der Waals surface area contributed by atoms with Gasteiger partial charge in [0.05, 0.1) is 23.6 Å². The first kappa shape index (κ1) is 19.9. The molecule has 4 rings (SSSR count). The van der Waals surface area contributed by atoms with E-state index in [4.69, 9.17) is 14.7 Å². The maximum absolute atomic E-state index is 12.9. The Morgan fingerprint density at radius 1 is 1.10 bits per heavy atom. The van der Waals surface area contributed by atoms with Crippen molar-refractivity contribution in [2.75, 3.05) is 24.6 Å². The van der Waals surface area contributed by atoms with Gasteiger partial charge in [0, 0.05) is 19.1 Å². The molecule has 6 nitrogen and oxygen atoms in total. The molecule has 1 aliphatic carbocycles. The van der Waals surface area contributed by atoms with Crippen molar-refractivity contribution < 1.29 is 9.53 Å². The standard InChI is InChI=1S/C23H32N4O2/c1-2-15-29-23-21(25-19-12-6-7-13-20(19)26-23)27-14-8-9-17(16-27)22(28)24-18-10-4-3-5-11-18/h6-7,12-13,17-18H,2-5,8-11,14-16H2,1H3,(H,24,28)/t17-/m1/s1. The third kappa shape index (κ3) is 4.80. The number of rotatable bonds is 6. The number of para-hydroxylation sites is 2. The molecule has 1 aliphatic heterocycles. The van der Waals surface area contributed by atoms with E-state index < -0.39 is 0 Å². The number of hydrogen-bond acceptors (Lipinski definition) is 5. The van der Waals surface area contributed by atoms with E-state index in [0.29, 0.717) is 25.1 Å². The van der Waals surface area contributed by atoms with Crippen LogP contribution < -0.4 is 15.0 Å². The highest BCUT2D eigenvalue weighted by Crippen LogP contribution is 2.31. The van der Waals surface area contributed by atoms with Gasteiger partial charge in [-0.1, -0.05) is 38.3 Å². The Bertz CT molecular complexity index is 835. The molecule has 0 spiro atoms. The van der Waals surface area contributed by atoms with Crippen LogP contribution in [0.4, 0.5) is 5.82 Å². The fourth-order valence-corrected chi connectivity index (χ4v) is 4.43. The molecule has 1 aromatic heterocycles. The number of aromatic nitrogens is 2. The molecule has 2 fully saturated rings. The van der Waals surface area contributed by atoms with Crippen molar-refractivity contribution in [3.63, 3.8) is 0 Å². The minimum absolute atomic E-state index is 0.00188. The molecule has 29 heavy (non-hydrogen) atoms. The minimum Gasteiger partial charge on any atom is -0.475 e. The lowest BCUT2D eigenvalue weighted by Crippen LogP contribution is -2.46. The van der Waals surface area contributed by atoms with Gasteiger partial charge in [-0.2, -0.15) is 0 Å². The molecule has 156 valence electrons. The van der Waals surface area contributed by atoms with Crippen LogP contribution in [0.1, 0.15) is 58.3 Å². The number of ether oxygens (including phenoxy) is 1. The van der Waals surface area contributed by atoms with E-state index in [1.165, 1.54) is 19.3 Å². The summed E-state index contributed by atoms with van der Waals surface area (Å²) in [4.78, 5) is 24.7. The normalized spacial score (nSPS) is 20.6. The molecule has 1 saturated heterocycles. The molecule has 2 aliphatic rings. The van der Waals surface area contributed by atoms with Gasteiger partial charge in [-0.25, -0.2) is 9.97 Å². The van der Waals surface area contributed by atoms with E-state index in [1.807, 2.05) is 24.3 Å². The summed E-state index contributed by atoms with van der Waals surface area (Å²) in [5.74, 6) is 1.55. The second-order valence-electron chi connectivity index (χ2n) is 8.32. The van der Waals surface area contributed by atoms with Gasteiger partial charge >= 0.3 is 0 Å². The quantitative estimate of drug-likeness (QED) is 0.797. The molecule has 2 heterocycles. The Morgan fingerprint density at radius 2 is 1.86 bits per heavy atom. The van der Waals surface area contributed by atoms with Crippen LogP contribution in [0, 0.1) is 5.92 Å². The Balaban J connectivity index is 1.52. The molecule has 1 amide bonds. The van der Waals surface area contributed by atoms with Crippen molar-refractivity contribution in [1.29, 1.82) is 0 Å². The first-order valence-electron chi connectivity index (χ1n) is 11.2. The van der Waals surface area contributed by atoms with Gasteiger partial charge in [0.15, 0.2) is 5.82 Å². The highest BCUT2D eigenvalue weighted by Gasteiger charge is 2.30. The lowest BCUT2D eigenvalue weighted by Gasteiger charge is -2.34. The summed E-state index contributed by atoms with van der Waals surface area (Å²) >= 11 is 0. The van der Waals surface area contributed by atoms with Crippen molar-refractivity contribution in [2.45, 2.75) is 64.3 Å². The average Bonchev–Trinajstić information content (AvgIpc) is 2.78. The second-order valence-corrected chi connectivity index (χ2v) is 8.32. The van der Waals surface area contributed by atoms with Gasteiger partial charge in [0.25, 0.3) is 5.88 Å². The van der Waals surface area contributed by atoms with Gasteiger partial charge in [0.2, 0.25) is 5.91 Å². The number of amides is 1. The van der Waals surface area contributed by atoms with Gasteiger partial charge in [0.1, 0.15) is 0 Å². The summed E-state index contributed by atoms with van der Waals surface area (Å²) in [6.45, 7) is 4.25. The number of nitrogens with zero attached hydrogens (tertiary/aromatic N) is 3. The van der Waals surface area contributed by atoms with Crippen molar-refractivity contribution in [3.05, 3.63) is 24.3 Å². The van der Waals surface area contributed by atoms with Crippen molar-refractivity contribution in [1.82, 2.24) is 15.3 Å². The van der Waals surface area contributed by atoms with Crippen LogP contribution in [0.3, 0.4) is 0 Å². The van der Waals surface area contributed by atoms with Crippen LogP contribution >= 0.6 is 0 Å². The average molecular weight is 397 g/mol. The first-order chi connectivity index (χ1) is 14.2. The monoisotopic (exact) mass is 396 g/mol. The molecule has 6 heteroatoms. The van der Waals surface area contributed by atoms with Crippen molar-refractivity contribution >= 4 is 22.8 Å². The van der Waals surface area contributed by atoms with Gasteiger partial charge in [-0.3, -0.25) is 4.79 Å². The molecular weight excluding hydrogens is 364 g/mol. The molecule has 1 N–H and O–H groups in total. The number of anilines is 1. The van der Waals surface area contributed by atoms with Crippen LogP contribution in [-0.4, -0.2) is 41.6 Å². The molecular formula is C23H32N4O2.